The smallest absolute Gasteiger partial charge is 0.303 e. The summed E-state index contributed by atoms with van der Waals surface area (Å²) in [4.78, 5) is 25.4. The predicted molar refractivity (Wildman–Crippen MR) is 93.5 cm³/mol. The standard InChI is InChI=1S/C19H23N3O3/c23-18(21-11-5-4-6-16(21)9-10-19(24)25)12-15-13-20-22(14-15)17-7-2-1-3-8-17/h1-3,7-8,13-14,16H,4-6,9-12H2,(H,24,25). The van der Waals surface area contributed by atoms with Crippen molar-refractivity contribution in [3.63, 3.8) is 0 Å². The van der Waals surface area contributed by atoms with Gasteiger partial charge in [-0.05, 0) is 43.4 Å². The van der Waals surface area contributed by atoms with Crippen molar-refractivity contribution in [2.24, 2.45) is 0 Å². The summed E-state index contributed by atoms with van der Waals surface area (Å²) in [6.45, 7) is 0.718. The maximum atomic E-state index is 12.7. The first-order valence-corrected chi connectivity index (χ1v) is 8.74. The third-order valence-corrected chi connectivity index (χ3v) is 4.65. The highest BCUT2D eigenvalue weighted by Gasteiger charge is 2.27. The molecule has 25 heavy (non-hydrogen) atoms. The van der Waals surface area contributed by atoms with Gasteiger partial charge in [-0.2, -0.15) is 5.10 Å². The molecule has 2 aromatic rings. The third kappa shape index (κ3) is 4.47. The number of nitrogens with zero attached hydrogens (tertiary/aromatic N) is 3. The molecule has 1 aliphatic heterocycles. The van der Waals surface area contributed by atoms with Crippen LogP contribution in [0, 0.1) is 0 Å². The Morgan fingerprint density at radius 2 is 2.00 bits per heavy atom. The van der Waals surface area contributed by atoms with Gasteiger partial charge in [0.25, 0.3) is 0 Å². The van der Waals surface area contributed by atoms with E-state index < -0.39 is 5.97 Å². The van der Waals surface area contributed by atoms with E-state index in [2.05, 4.69) is 5.10 Å². The molecule has 1 saturated heterocycles. The second-order valence-electron chi connectivity index (χ2n) is 6.47. The SMILES string of the molecule is O=C(O)CCC1CCCCN1C(=O)Cc1cnn(-c2ccccc2)c1. The zero-order valence-corrected chi connectivity index (χ0v) is 14.2. The highest BCUT2D eigenvalue weighted by atomic mass is 16.4. The molecule has 0 radical (unpaired) electrons. The van der Waals surface area contributed by atoms with E-state index in [0.29, 0.717) is 12.8 Å². The Balaban J connectivity index is 1.64. The van der Waals surface area contributed by atoms with Gasteiger partial charge < -0.3 is 10.0 Å². The summed E-state index contributed by atoms with van der Waals surface area (Å²) in [5.74, 6) is -0.746. The number of aromatic nitrogens is 2. The lowest BCUT2D eigenvalue weighted by molar-refractivity contribution is -0.139. The monoisotopic (exact) mass is 341 g/mol. The zero-order valence-electron chi connectivity index (χ0n) is 14.2. The fourth-order valence-electron chi connectivity index (χ4n) is 3.37. The number of aliphatic carboxylic acids is 1. The lowest BCUT2D eigenvalue weighted by atomic mass is 9.97. The Kier molecular flexibility index (Phi) is 5.48. The lowest BCUT2D eigenvalue weighted by Crippen LogP contribution is -2.44. The highest BCUT2D eigenvalue weighted by Crippen LogP contribution is 2.22. The average Bonchev–Trinajstić information content (AvgIpc) is 3.09. The van der Waals surface area contributed by atoms with Crippen molar-refractivity contribution in [1.29, 1.82) is 0 Å². The second-order valence-corrected chi connectivity index (χ2v) is 6.47. The quantitative estimate of drug-likeness (QED) is 0.876. The summed E-state index contributed by atoms with van der Waals surface area (Å²) >= 11 is 0. The number of carboxylic acid groups (broad SMARTS) is 1. The van der Waals surface area contributed by atoms with Gasteiger partial charge in [-0.3, -0.25) is 9.59 Å². The molecule has 1 aromatic heterocycles. The summed E-state index contributed by atoms with van der Waals surface area (Å²) in [5, 5.41) is 13.2. The maximum absolute atomic E-state index is 12.7. The van der Waals surface area contributed by atoms with Crippen LogP contribution in [0.5, 0.6) is 0 Å². The topological polar surface area (TPSA) is 75.4 Å². The zero-order chi connectivity index (χ0) is 17.6. The van der Waals surface area contributed by atoms with E-state index in [1.54, 1.807) is 10.9 Å². The van der Waals surface area contributed by atoms with Crippen molar-refractivity contribution in [3.8, 4) is 5.69 Å². The first-order chi connectivity index (χ1) is 12.1. The van der Waals surface area contributed by atoms with Crippen molar-refractivity contribution in [1.82, 2.24) is 14.7 Å². The number of hydrogen-bond acceptors (Lipinski definition) is 3. The van der Waals surface area contributed by atoms with Crippen molar-refractivity contribution < 1.29 is 14.7 Å². The van der Waals surface area contributed by atoms with Crippen molar-refractivity contribution in [3.05, 3.63) is 48.3 Å². The van der Waals surface area contributed by atoms with Gasteiger partial charge in [0.15, 0.2) is 0 Å². The summed E-state index contributed by atoms with van der Waals surface area (Å²) in [7, 11) is 0. The number of piperidine rings is 1. The van der Waals surface area contributed by atoms with E-state index in [1.807, 2.05) is 41.4 Å². The number of amides is 1. The normalized spacial score (nSPS) is 17.4. The molecule has 0 aliphatic carbocycles. The molecule has 1 amide bonds. The van der Waals surface area contributed by atoms with Gasteiger partial charge in [-0.25, -0.2) is 4.68 Å². The van der Waals surface area contributed by atoms with Crippen molar-refractivity contribution >= 4 is 11.9 Å². The van der Waals surface area contributed by atoms with Crippen LogP contribution in [-0.4, -0.2) is 44.3 Å². The van der Waals surface area contributed by atoms with Crippen LogP contribution in [0.15, 0.2) is 42.7 Å². The molecule has 1 unspecified atom stereocenters. The molecule has 1 N–H and O–H groups in total. The average molecular weight is 341 g/mol. The number of carbonyl (C=O) groups excluding carboxylic acids is 1. The van der Waals surface area contributed by atoms with Crippen LogP contribution in [0.3, 0.4) is 0 Å². The molecule has 1 atom stereocenters. The predicted octanol–water partition coefficient (Wildman–Crippen LogP) is 2.66. The molecule has 0 saturated carbocycles. The Morgan fingerprint density at radius 3 is 2.76 bits per heavy atom. The molecule has 1 aromatic carbocycles. The number of carbonyl (C=O) groups is 2. The van der Waals surface area contributed by atoms with Gasteiger partial charge in [-0.15, -0.1) is 0 Å². The minimum atomic E-state index is -0.804. The second kappa shape index (κ2) is 7.96. The van der Waals surface area contributed by atoms with Crippen LogP contribution in [0.4, 0.5) is 0 Å². The number of rotatable bonds is 6. The first-order valence-electron chi connectivity index (χ1n) is 8.74. The minimum Gasteiger partial charge on any atom is -0.481 e. The van der Waals surface area contributed by atoms with E-state index in [4.69, 9.17) is 5.11 Å². The number of benzene rings is 1. The van der Waals surface area contributed by atoms with Crippen LogP contribution < -0.4 is 0 Å². The largest absolute Gasteiger partial charge is 0.481 e. The van der Waals surface area contributed by atoms with Gasteiger partial charge in [-0.1, -0.05) is 18.2 Å². The van der Waals surface area contributed by atoms with E-state index in [1.165, 1.54) is 0 Å². The van der Waals surface area contributed by atoms with E-state index in [9.17, 15) is 9.59 Å². The fraction of sp³-hybridized carbons (Fsp3) is 0.421. The Hall–Kier alpha value is -2.63. The number of likely N-dealkylation sites (tertiary alicyclic amines) is 1. The lowest BCUT2D eigenvalue weighted by Gasteiger charge is -2.35. The maximum Gasteiger partial charge on any atom is 0.303 e. The van der Waals surface area contributed by atoms with Gasteiger partial charge in [0.2, 0.25) is 5.91 Å². The Labute approximate surface area is 147 Å². The summed E-state index contributed by atoms with van der Waals surface area (Å²) in [5.41, 5.74) is 1.83. The van der Waals surface area contributed by atoms with Gasteiger partial charge >= 0.3 is 5.97 Å². The molecule has 2 heterocycles. The van der Waals surface area contributed by atoms with E-state index in [-0.39, 0.29) is 18.4 Å². The van der Waals surface area contributed by atoms with E-state index in [0.717, 1.165) is 37.1 Å². The Morgan fingerprint density at radius 1 is 1.20 bits per heavy atom. The van der Waals surface area contributed by atoms with Gasteiger partial charge in [0, 0.05) is 25.2 Å². The molecule has 0 bridgehead atoms. The van der Waals surface area contributed by atoms with Crippen LogP contribution in [-0.2, 0) is 16.0 Å². The first kappa shape index (κ1) is 17.2. The summed E-state index contributed by atoms with van der Waals surface area (Å²) in [6.07, 6.45) is 7.48. The molecule has 6 heteroatoms. The highest BCUT2D eigenvalue weighted by molar-refractivity contribution is 5.79. The summed E-state index contributed by atoms with van der Waals surface area (Å²) in [6, 6.07) is 9.81. The van der Waals surface area contributed by atoms with Crippen LogP contribution in [0.2, 0.25) is 0 Å². The van der Waals surface area contributed by atoms with Crippen LogP contribution >= 0.6 is 0 Å². The number of para-hydroxylation sites is 1. The molecule has 1 fully saturated rings. The minimum absolute atomic E-state index is 0.0431. The van der Waals surface area contributed by atoms with Crippen molar-refractivity contribution in [2.45, 2.75) is 44.6 Å². The van der Waals surface area contributed by atoms with Crippen molar-refractivity contribution in [2.75, 3.05) is 6.54 Å². The van der Waals surface area contributed by atoms with Crippen LogP contribution in [0.1, 0.15) is 37.7 Å². The number of carboxylic acids is 1. The molecule has 132 valence electrons. The molecule has 6 nitrogen and oxygen atoms in total. The number of hydrogen-bond donors (Lipinski definition) is 1. The molecular weight excluding hydrogens is 318 g/mol. The molecule has 1 aliphatic rings. The van der Waals surface area contributed by atoms with E-state index >= 15 is 0 Å². The molecular formula is C19H23N3O3. The fourth-order valence-corrected chi connectivity index (χ4v) is 3.37. The Bertz CT molecular complexity index is 727. The van der Waals surface area contributed by atoms with Gasteiger partial charge in [0.05, 0.1) is 18.3 Å². The van der Waals surface area contributed by atoms with Crippen LogP contribution in [0.25, 0.3) is 5.69 Å². The molecule has 0 spiro atoms. The van der Waals surface area contributed by atoms with Gasteiger partial charge in [0.1, 0.15) is 0 Å². The molecule has 3 rings (SSSR count). The summed E-state index contributed by atoms with van der Waals surface area (Å²) < 4.78 is 1.76. The third-order valence-electron chi connectivity index (χ3n) is 4.65.